The molecule has 7 heteroatoms. The molecule has 0 radical (unpaired) electrons. The summed E-state index contributed by atoms with van der Waals surface area (Å²) in [6.07, 6.45) is 0.434. The van der Waals surface area contributed by atoms with Crippen LogP contribution in [-0.4, -0.2) is 47.0 Å². The number of aryl methyl sites for hydroxylation is 1. The van der Waals surface area contributed by atoms with Crippen molar-refractivity contribution in [2.45, 2.75) is 40.2 Å². The summed E-state index contributed by atoms with van der Waals surface area (Å²) in [6.45, 7) is 7.83. The van der Waals surface area contributed by atoms with E-state index in [0.29, 0.717) is 24.2 Å². The zero-order valence-electron chi connectivity index (χ0n) is 15.0. The summed E-state index contributed by atoms with van der Waals surface area (Å²) < 4.78 is 0. The smallest absolute Gasteiger partial charge is 0.321 e. The number of nitrogens with zero attached hydrogens (tertiary/aromatic N) is 1. The van der Waals surface area contributed by atoms with Crippen molar-refractivity contribution in [3.8, 4) is 0 Å². The van der Waals surface area contributed by atoms with Crippen LogP contribution in [0.2, 0.25) is 0 Å². The molecular formula is C18H25N3O4. The van der Waals surface area contributed by atoms with Crippen LogP contribution < -0.4 is 10.6 Å². The standard InChI is InChI=1S/C18H25N3O4/c1-11(2)19-15(22)14-6-5-13(9-12(14)3)20-17(25)21-8-7-18(4,10-21)16(23)24/h5-6,9,11H,7-8,10H2,1-4H3,(H,19,22)(H,20,25)(H,23,24). The van der Waals surface area contributed by atoms with Crippen LogP contribution in [-0.2, 0) is 4.79 Å². The highest BCUT2D eigenvalue weighted by Crippen LogP contribution is 2.30. The highest BCUT2D eigenvalue weighted by Gasteiger charge is 2.42. The van der Waals surface area contributed by atoms with Crippen LogP contribution in [0.5, 0.6) is 0 Å². The minimum absolute atomic E-state index is 0.0463. The van der Waals surface area contributed by atoms with Crippen LogP contribution in [0.4, 0.5) is 10.5 Å². The fourth-order valence-corrected chi connectivity index (χ4v) is 2.85. The first kappa shape index (κ1) is 18.8. The molecule has 1 heterocycles. The average Bonchev–Trinajstić information content (AvgIpc) is 2.90. The third kappa shape index (κ3) is 4.29. The molecule has 0 aliphatic carbocycles. The summed E-state index contributed by atoms with van der Waals surface area (Å²) >= 11 is 0. The number of carboxylic acids is 1. The number of hydrogen-bond donors (Lipinski definition) is 3. The van der Waals surface area contributed by atoms with Crippen molar-refractivity contribution in [2.75, 3.05) is 18.4 Å². The average molecular weight is 347 g/mol. The Morgan fingerprint density at radius 1 is 1.28 bits per heavy atom. The zero-order valence-corrected chi connectivity index (χ0v) is 15.0. The van der Waals surface area contributed by atoms with Gasteiger partial charge in [0.05, 0.1) is 5.41 Å². The van der Waals surface area contributed by atoms with Crippen molar-refractivity contribution in [3.63, 3.8) is 0 Å². The maximum atomic E-state index is 12.3. The van der Waals surface area contributed by atoms with Crippen molar-refractivity contribution in [2.24, 2.45) is 5.41 Å². The quantitative estimate of drug-likeness (QED) is 0.779. The Bertz CT molecular complexity index is 702. The van der Waals surface area contributed by atoms with Crippen LogP contribution in [0.1, 0.15) is 43.1 Å². The van der Waals surface area contributed by atoms with E-state index in [9.17, 15) is 19.5 Å². The molecule has 0 spiro atoms. The van der Waals surface area contributed by atoms with Gasteiger partial charge in [-0.2, -0.15) is 0 Å². The Hall–Kier alpha value is -2.57. The van der Waals surface area contributed by atoms with Crippen molar-refractivity contribution in [3.05, 3.63) is 29.3 Å². The molecule has 3 N–H and O–H groups in total. The van der Waals surface area contributed by atoms with Crippen LogP contribution >= 0.6 is 0 Å². The van der Waals surface area contributed by atoms with Gasteiger partial charge in [-0.05, 0) is 57.9 Å². The number of likely N-dealkylation sites (tertiary alicyclic amines) is 1. The van der Waals surface area contributed by atoms with E-state index in [1.54, 1.807) is 25.1 Å². The van der Waals surface area contributed by atoms with E-state index in [0.717, 1.165) is 5.56 Å². The summed E-state index contributed by atoms with van der Waals surface area (Å²) in [5.41, 5.74) is 0.998. The number of benzene rings is 1. The Kier molecular flexibility index (Phi) is 5.35. The van der Waals surface area contributed by atoms with Gasteiger partial charge in [0.1, 0.15) is 0 Å². The van der Waals surface area contributed by atoms with Gasteiger partial charge in [0.2, 0.25) is 0 Å². The molecule has 0 bridgehead atoms. The topological polar surface area (TPSA) is 98.7 Å². The minimum atomic E-state index is -0.897. The SMILES string of the molecule is Cc1cc(NC(=O)N2CCC(C)(C(=O)O)C2)ccc1C(=O)NC(C)C. The number of hydrogen-bond acceptors (Lipinski definition) is 3. The number of aliphatic carboxylic acids is 1. The molecule has 0 aromatic heterocycles. The lowest BCUT2D eigenvalue weighted by Crippen LogP contribution is -2.37. The summed E-state index contributed by atoms with van der Waals surface area (Å²) in [5, 5.41) is 14.9. The molecule has 25 heavy (non-hydrogen) atoms. The Balaban J connectivity index is 2.04. The molecule has 1 unspecified atom stereocenters. The lowest BCUT2D eigenvalue weighted by atomic mass is 9.90. The molecule has 1 aromatic carbocycles. The molecule has 1 fully saturated rings. The van der Waals surface area contributed by atoms with Gasteiger partial charge in [-0.1, -0.05) is 0 Å². The molecule has 1 saturated heterocycles. The minimum Gasteiger partial charge on any atom is -0.481 e. The van der Waals surface area contributed by atoms with E-state index in [-0.39, 0.29) is 24.5 Å². The van der Waals surface area contributed by atoms with Crippen LogP contribution in [0, 0.1) is 12.3 Å². The Labute approximate surface area is 147 Å². The van der Waals surface area contributed by atoms with Gasteiger partial charge in [-0.25, -0.2) is 4.79 Å². The summed E-state index contributed by atoms with van der Waals surface area (Å²) in [6, 6.07) is 4.80. The molecule has 2 rings (SSSR count). The molecule has 136 valence electrons. The first-order chi connectivity index (χ1) is 11.6. The van der Waals surface area contributed by atoms with Crippen molar-refractivity contribution in [1.82, 2.24) is 10.2 Å². The van der Waals surface area contributed by atoms with E-state index in [1.807, 2.05) is 20.8 Å². The zero-order chi connectivity index (χ0) is 18.8. The highest BCUT2D eigenvalue weighted by atomic mass is 16.4. The number of carbonyl (C=O) groups excluding carboxylic acids is 2. The molecule has 3 amide bonds. The Morgan fingerprint density at radius 3 is 2.48 bits per heavy atom. The van der Waals surface area contributed by atoms with Crippen molar-refractivity contribution < 1.29 is 19.5 Å². The number of carboxylic acid groups (broad SMARTS) is 1. The normalized spacial score (nSPS) is 19.8. The first-order valence-electron chi connectivity index (χ1n) is 8.33. The van der Waals surface area contributed by atoms with Crippen molar-refractivity contribution in [1.29, 1.82) is 0 Å². The van der Waals surface area contributed by atoms with Crippen LogP contribution in [0.15, 0.2) is 18.2 Å². The number of rotatable bonds is 4. The predicted octanol–water partition coefficient (Wildman–Crippen LogP) is 2.46. The summed E-state index contributed by atoms with van der Waals surface area (Å²) in [4.78, 5) is 37.2. The molecule has 1 aliphatic heterocycles. The second kappa shape index (κ2) is 7.13. The predicted molar refractivity (Wildman–Crippen MR) is 94.7 cm³/mol. The van der Waals surface area contributed by atoms with E-state index < -0.39 is 11.4 Å². The molecule has 1 atom stereocenters. The molecule has 7 nitrogen and oxygen atoms in total. The fourth-order valence-electron chi connectivity index (χ4n) is 2.85. The third-order valence-electron chi connectivity index (χ3n) is 4.42. The summed E-state index contributed by atoms with van der Waals surface area (Å²) in [5.74, 6) is -1.04. The lowest BCUT2D eigenvalue weighted by Gasteiger charge is -2.21. The fraction of sp³-hybridized carbons (Fsp3) is 0.500. The van der Waals surface area contributed by atoms with E-state index in [2.05, 4.69) is 10.6 Å². The number of urea groups is 1. The van der Waals surface area contributed by atoms with Gasteiger partial charge in [0.15, 0.2) is 0 Å². The molecule has 1 aliphatic rings. The van der Waals surface area contributed by atoms with Gasteiger partial charge in [-0.15, -0.1) is 0 Å². The monoisotopic (exact) mass is 347 g/mol. The maximum absolute atomic E-state index is 12.3. The largest absolute Gasteiger partial charge is 0.481 e. The summed E-state index contributed by atoms with van der Waals surface area (Å²) in [7, 11) is 0. The number of anilines is 1. The second-order valence-electron chi connectivity index (χ2n) is 7.13. The second-order valence-corrected chi connectivity index (χ2v) is 7.13. The maximum Gasteiger partial charge on any atom is 0.321 e. The van der Waals surface area contributed by atoms with Gasteiger partial charge in [0.25, 0.3) is 5.91 Å². The first-order valence-corrected chi connectivity index (χ1v) is 8.33. The van der Waals surface area contributed by atoms with E-state index in [4.69, 9.17) is 0 Å². The molecule has 0 saturated carbocycles. The lowest BCUT2D eigenvalue weighted by molar-refractivity contribution is -0.146. The van der Waals surface area contributed by atoms with Crippen LogP contribution in [0.25, 0.3) is 0 Å². The van der Waals surface area contributed by atoms with E-state index in [1.165, 1.54) is 4.90 Å². The number of nitrogens with one attached hydrogen (secondary N) is 2. The third-order valence-corrected chi connectivity index (χ3v) is 4.42. The Morgan fingerprint density at radius 2 is 1.96 bits per heavy atom. The van der Waals surface area contributed by atoms with Gasteiger partial charge in [0, 0.05) is 30.4 Å². The van der Waals surface area contributed by atoms with Gasteiger partial charge >= 0.3 is 12.0 Å². The highest BCUT2D eigenvalue weighted by molar-refractivity contribution is 5.97. The van der Waals surface area contributed by atoms with Gasteiger partial charge in [-0.3, -0.25) is 9.59 Å². The van der Waals surface area contributed by atoms with Crippen LogP contribution in [0.3, 0.4) is 0 Å². The van der Waals surface area contributed by atoms with Gasteiger partial charge < -0.3 is 20.6 Å². The molecule has 1 aromatic rings. The van der Waals surface area contributed by atoms with Crippen molar-refractivity contribution >= 4 is 23.6 Å². The number of carbonyl (C=O) groups is 3. The number of amides is 3. The molecular weight excluding hydrogens is 322 g/mol. The van der Waals surface area contributed by atoms with E-state index >= 15 is 0 Å².